The Morgan fingerprint density at radius 3 is 2.83 bits per heavy atom. The van der Waals surface area contributed by atoms with E-state index in [0.29, 0.717) is 22.5 Å². The van der Waals surface area contributed by atoms with Gasteiger partial charge in [0.1, 0.15) is 5.82 Å². The van der Waals surface area contributed by atoms with Gasteiger partial charge in [0.05, 0.1) is 4.47 Å². The van der Waals surface area contributed by atoms with Gasteiger partial charge >= 0.3 is 0 Å². The molecule has 1 atom stereocenters. The Bertz CT molecular complexity index is 412. The SMILES string of the molecule is CC(CBr)CCCNC(=O)c1ccc(Br)c(F)c1. The van der Waals surface area contributed by atoms with E-state index in [4.69, 9.17) is 0 Å². The highest BCUT2D eigenvalue weighted by Crippen LogP contribution is 2.16. The van der Waals surface area contributed by atoms with Gasteiger partial charge in [-0.25, -0.2) is 4.39 Å². The number of carbonyl (C=O) groups excluding carboxylic acids is 1. The topological polar surface area (TPSA) is 29.1 Å². The maximum absolute atomic E-state index is 13.2. The number of halogens is 3. The van der Waals surface area contributed by atoms with Crippen LogP contribution in [0.3, 0.4) is 0 Å². The van der Waals surface area contributed by atoms with E-state index in [2.05, 4.69) is 44.1 Å². The lowest BCUT2D eigenvalue weighted by atomic mass is 10.1. The van der Waals surface area contributed by atoms with Crippen LogP contribution < -0.4 is 5.32 Å². The van der Waals surface area contributed by atoms with E-state index in [0.717, 1.165) is 18.2 Å². The van der Waals surface area contributed by atoms with Crippen molar-refractivity contribution in [3.8, 4) is 0 Å². The lowest BCUT2D eigenvalue weighted by molar-refractivity contribution is 0.0952. The van der Waals surface area contributed by atoms with Gasteiger partial charge in [-0.05, 0) is 52.9 Å². The van der Waals surface area contributed by atoms with E-state index >= 15 is 0 Å². The monoisotopic (exact) mass is 379 g/mol. The fraction of sp³-hybridized carbons (Fsp3) is 0.462. The predicted octanol–water partition coefficient (Wildman–Crippen LogP) is 4.13. The molecule has 0 aromatic heterocycles. The predicted molar refractivity (Wildman–Crippen MR) is 78.6 cm³/mol. The summed E-state index contributed by atoms with van der Waals surface area (Å²) in [4.78, 5) is 11.7. The normalized spacial score (nSPS) is 12.2. The van der Waals surface area contributed by atoms with Crippen LogP contribution in [0.5, 0.6) is 0 Å². The second kappa shape index (κ2) is 7.89. The van der Waals surface area contributed by atoms with E-state index in [9.17, 15) is 9.18 Å². The van der Waals surface area contributed by atoms with Crippen molar-refractivity contribution in [3.05, 3.63) is 34.1 Å². The summed E-state index contributed by atoms with van der Waals surface area (Å²) in [6, 6.07) is 4.38. The summed E-state index contributed by atoms with van der Waals surface area (Å²) in [6.07, 6.45) is 1.98. The Labute approximate surface area is 124 Å². The molecule has 100 valence electrons. The van der Waals surface area contributed by atoms with Gasteiger partial charge in [0.25, 0.3) is 5.91 Å². The summed E-state index contributed by atoms with van der Waals surface area (Å²) < 4.78 is 13.6. The van der Waals surface area contributed by atoms with Gasteiger partial charge < -0.3 is 5.32 Å². The summed E-state index contributed by atoms with van der Waals surface area (Å²) in [7, 11) is 0. The Kier molecular flexibility index (Phi) is 6.86. The molecular formula is C13H16Br2FNO. The van der Waals surface area contributed by atoms with Crippen LogP contribution in [0.25, 0.3) is 0 Å². The zero-order valence-corrected chi connectivity index (χ0v) is 13.4. The number of carbonyl (C=O) groups is 1. The molecule has 0 heterocycles. The summed E-state index contributed by atoms with van der Waals surface area (Å²) >= 11 is 6.47. The van der Waals surface area contributed by atoms with Crippen molar-refractivity contribution in [1.29, 1.82) is 0 Å². The molecule has 2 nitrogen and oxygen atoms in total. The zero-order valence-electron chi connectivity index (χ0n) is 10.2. The number of hydrogen-bond donors (Lipinski definition) is 1. The molecule has 5 heteroatoms. The number of alkyl halides is 1. The highest BCUT2D eigenvalue weighted by Gasteiger charge is 2.08. The van der Waals surface area contributed by atoms with Gasteiger partial charge in [0.2, 0.25) is 0 Å². The molecule has 0 bridgehead atoms. The van der Waals surface area contributed by atoms with Crippen LogP contribution in [0.4, 0.5) is 4.39 Å². The first-order valence-electron chi connectivity index (χ1n) is 5.83. The molecule has 1 amide bonds. The van der Waals surface area contributed by atoms with Crippen LogP contribution >= 0.6 is 31.9 Å². The first-order chi connectivity index (χ1) is 8.54. The lowest BCUT2D eigenvalue weighted by Gasteiger charge is -2.08. The van der Waals surface area contributed by atoms with Crippen LogP contribution in [-0.2, 0) is 0 Å². The lowest BCUT2D eigenvalue weighted by Crippen LogP contribution is -2.24. The minimum absolute atomic E-state index is 0.229. The number of amides is 1. The van der Waals surface area contributed by atoms with Crippen molar-refractivity contribution < 1.29 is 9.18 Å². The fourth-order valence-electron chi connectivity index (χ4n) is 1.47. The van der Waals surface area contributed by atoms with E-state index in [1.54, 1.807) is 6.07 Å². The first kappa shape index (κ1) is 15.6. The Morgan fingerprint density at radius 2 is 2.22 bits per heavy atom. The third-order valence-electron chi connectivity index (χ3n) is 2.60. The quantitative estimate of drug-likeness (QED) is 0.583. The number of hydrogen-bond acceptors (Lipinski definition) is 1. The molecule has 1 N–H and O–H groups in total. The molecule has 0 aliphatic rings. The average Bonchev–Trinajstić information content (AvgIpc) is 2.37. The largest absolute Gasteiger partial charge is 0.352 e. The van der Waals surface area contributed by atoms with Crippen LogP contribution in [0, 0.1) is 11.7 Å². The molecular weight excluding hydrogens is 365 g/mol. The third kappa shape index (κ3) is 5.06. The zero-order chi connectivity index (χ0) is 13.5. The molecule has 1 aromatic carbocycles. The Hall–Kier alpha value is -0.420. The van der Waals surface area contributed by atoms with E-state index in [1.165, 1.54) is 12.1 Å². The minimum atomic E-state index is -0.421. The molecule has 0 saturated carbocycles. The van der Waals surface area contributed by atoms with Crippen molar-refractivity contribution in [2.24, 2.45) is 5.92 Å². The number of benzene rings is 1. The van der Waals surface area contributed by atoms with Crippen molar-refractivity contribution in [1.82, 2.24) is 5.32 Å². The van der Waals surface area contributed by atoms with Crippen molar-refractivity contribution in [3.63, 3.8) is 0 Å². The molecule has 18 heavy (non-hydrogen) atoms. The molecule has 0 fully saturated rings. The van der Waals surface area contributed by atoms with Gasteiger partial charge in [-0.3, -0.25) is 4.79 Å². The van der Waals surface area contributed by atoms with Gasteiger partial charge in [0, 0.05) is 17.4 Å². The van der Waals surface area contributed by atoms with Crippen LogP contribution in [0.1, 0.15) is 30.1 Å². The van der Waals surface area contributed by atoms with Crippen LogP contribution in [0.15, 0.2) is 22.7 Å². The average molecular weight is 381 g/mol. The number of rotatable bonds is 6. The molecule has 0 saturated heterocycles. The Balaban J connectivity index is 2.39. The second-order valence-electron chi connectivity index (χ2n) is 4.29. The standard InChI is InChI=1S/C13H16Br2FNO/c1-9(8-14)3-2-6-17-13(18)10-4-5-11(15)12(16)7-10/h4-5,7,9H,2-3,6,8H2,1H3,(H,17,18). The van der Waals surface area contributed by atoms with Crippen molar-refractivity contribution >= 4 is 37.8 Å². The highest BCUT2D eigenvalue weighted by atomic mass is 79.9. The smallest absolute Gasteiger partial charge is 0.251 e. The maximum Gasteiger partial charge on any atom is 0.251 e. The highest BCUT2D eigenvalue weighted by molar-refractivity contribution is 9.10. The summed E-state index contributed by atoms with van der Waals surface area (Å²) in [5, 5.41) is 3.76. The van der Waals surface area contributed by atoms with Gasteiger partial charge in [-0.1, -0.05) is 22.9 Å². The molecule has 1 unspecified atom stereocenters. The van der Waals surface area contributed by atoms with Gasteiger partial charge in [-0.15, -0.1) is 0 Å². The molecule has 1 rings (SSSR count). The molecule has 1 aromatic rings. The van der Waals surface area contributed by atoms with E-state index < -0.39 is 5.82 Å². The second-order valence-corrected chi connectivity index (χ2v) is 5.79. The molecule has 0 aliphatic carbocycles. The first-order valence-corrected chi connectivity index (χ1v) is 7.75. The van der Waals surface area contributed by atoms with Crippen LogP contribution in [0.2, 0.25) is 0 Å². The summed E-state index contributed by atoms with van der Waals surface area (Å²) in [5.74, 6) is -0.0458. The minimum Gasteiger partial charge on any atom is -0.352 e. The van der Waals surface area contributed by atoms with Gasteiger partial charge in [-0.2, -0.15) is 0 Å². The van der Waals surface area contributed by atoms with Crippen molar-refractivity contribution in [2.45, 2.75) is 19.8 Å². The fourth-order valence-corrected chi connectivity index (χ4v) is 2.04. The molecule has 0 spiro atoms. The van der Waals surface area contributed by atoms with Gasteiger partial charge in [0.15, 0.2) is 0 Å². The van der Waals surface area contributed by atoms with Crippen LogP contribution in [-0.4, -0.2) is 17.8 Å². The summed E-state index contributed by atoms with van der Waals surface area (Å²) in [6.45, 7) is 2.77. The summed E-state index contributed by atoms with van der Waals surface area (Å²) in [5.41, 5.74) is 0.351. The van der Waals surface area contributed by atoms with Crippen molar-refractivity contribution in [2.75, 3.05) is 11.9 Å². The van der Waals surface area contributed by atoms with E-state index in [-0.39, 0.29) is 5.91 Å². The maximum atomic E-state index is 13.2. The third-order valence-corrected chi connectivity index (χ3v) is 4.35. The Morgan fingerprint density at radius 1 is 1.50 bits per heavy atom. The molecule has 0 aliphatic heterocycles. The number of nitrogens with one attached hydrogen (secondary N) is 1. The molecule has 0 radical (unpaired) electrons. The van der Waals surface area contributed by atoms with E-state index in [1.807, 2.05) is 0 Å².